The molecule has 0 fully saturated rings. The maximum Gasteiger partial charge on any atom is 0.336 e. The fourth-order valence-corrected chi connectivity index (χ4v) is 2.78. The number of carboxylic acid groups (broad SMARTS) is 1. The zero-order valence-electron chi connectivity index (χ0n) is 10.1. The van der Waals surface area contributed by atoms with Gasteiger partial charge in [-0.1, -0.05) is 35.5 Å². The number of hydrogen-bond acceptors (Lipinski definition) is 3. The molecule has 19 heavy (non-hydrogen) atoms. The van der Waals surface area contributed by atoms with Gasteiger partial charge in [0.25, 0.3) is 0 Å². The topological polar surface area (TPSA) is 46.5 Å². The zero-order valence-corrected chi connectivity index (χ0v) is 11.7. The van der Waals surface area contributed by atoms with E-state index in [0.29, 0.717) is 15.7 Å². The summed E-state index contributed by atoms with van der Waals surface area (Å²) in [5, 5.41) is 9.60. The van der Waals surface area contributed by atoms with Crippen molar-refractivity contribution >= 4 is 29.3 Å². The number of ether oxygens (including phenoxy) is 1. The molecule has 5 heteroatoms. The predicted molar refractivity (Wildman–Crippen MR) is 75.5 cm³/mol. The molecule has 0 spiro atoms. The highest BCUT2D eigenvalue weighted by molar-refractivity contribution is 7.99. The molecule has 0 aliphatic carbocycles. The van der Waals surface area contributed by atoms with Gasteiger partial charge in [0.2, 0.25) is 0 Å². The lowest BCUT2D eigenvalue weighted by atomic mass is 10.2. The molecule has 98 valence electrons. The first-order valence-corrected chi connectivity index (χ1v) is 6.65. The number of carboxylic acids is 1. The van der Waals surface area contributed by atoms with Crippen molar-refractivity contribution in [1.29, 1.82) is 0 Å². The fourth-order valence-electron chi connectivity index (χ4n) is 1.58. The quantitative estimate of drug-likeness (QED) is 0.918. The third-order valence-electron chi connectivity index (χ3n) is 2.46. The van der Waals surface area contributed by atoms with Crippen LogP contribution in [0, 0.1) is 0 Å². The van der Waals surface area contributed by atoms with Crippen LogP contribution >= 0.6 is 23.4 Å². The summed E-state index contributed by atoms with van der Waals surface area (Å²) in [5.41, 5.74) is 0.184. The summed E-state index contributed by atoms with van der Waals surface area (Å²) in [6.45, 7) is 0. The van der Waals surface area contributed by atoms with Crippen molar-refractivity contribution in [3.05, 3.63) is 53.1 Å². The van der Waals surface area contributed by atoms with Crippen LogP contribution in [-0.2, 0) is 0 Å². The van der Waals surface area contributed by atoms with E-state index in [9.17, 15) is 9.90 Å². The van der Waals surface area contributed by atoms with Crippen molar-refractivity contribution in [2.45, 2.75) is 9.79 Å². The SMILES string of the molecule is COc1ccccc1Sc1ccc(Cl)cc1C(=O)O. The lowest BCUT2D eigenvalue weighted by molar-refractivity contribution is 0.0693. The number of carbonyl (C=O) groups is 1. The second kappa shape index (κ2) is 5.99. The first-order valence-electron chi connectivity index (χ1n) is 5.45. The van der Waals surface area contributed by atoms with E-state index >= 15 is 0 Å². The molecule has 0 amide bonds. The fraction of sp³-hybridized carbons (Fsp3) is 0.0714. The van der Waals surface area contributed by atoms with E-state index in [4.69, 9.17) is 16.3 Å². The molecule has 0 saturated heterocycles. The third-order valence-corrected chi connectivity index (χ3v) is 3.83. The molecule has 0 aromatic heterocycles. The molecule has 0 radical (unpaired) electrons. The number of hydrogen-bond donors (Lipinski definition) is 1. The monoisotopic (exact) mass is 294 g/mol. The summed E-state index contributed by atoms with van der Waals surface area (Å²) in [5.74, 6) is -0.293. The molecule has 3 nitrogen and oxygen atoms in total. The zero-order chi connectivity index (χ0) is 13.8. The molecule has 0 aliphatic heterocycles. The lowest BCUT2D eigenvalue weighted by Crippen LogP contribution is -1.98. The Balaban J connectivity index is 2.41. The summed E-state index contributed by atoms with van der Waals surface area (Å²) in [4.78, 5) is 12.7. The van der Waals surface area contributed by atoms with E-state index in [1.54, 1.807) is 19.2 Å². The molecular weight excluding hydrogens is 284 g/mol. The van der Waals surface area contributed by atoms with Crippen LogP contribution in [0.2, 0.25) is 5.02 Å². The second-order valence-electron chi connectivity index (χ2n) is 3.70. The highest BCUT2D eigenvalue weighted by atomic mass is 35.5. The van der Waals surface area contributed by atoms with Gasteiger partial charge < -0.3 is 9.84 Å². The summed E-state index contributed by atoms with van der Waals surface area (Å²) in [6, 6.07) is 12.3. The molecule has 0 atom stereocenters. The smallest absolute Gasteiger partial charge is 0.336 e. The minimum Gasteiger partial charge on any atom is -0.496 e. The first kappa shape index (κ1) is 13.8. The maximum atomic E-state index is 11.2. The van der Waals surface area contributed by atoms with Gasteiger partial charge >= 0.3 is 5.97 Å². The number of para-hydroxylation sites is 1. The van der Waals surface area contributed by atoms with Crippen LogP contribution < -0.4 is 4.74 Å². The molecular formula is C14H11ClO3S. The van der Waals surface area contributed by atoms with E-state index < -0.39 is 5.97 Å². The van der Waals surface area contributed by atoms with Crippen LogP contribution in [0.3, 0.4) is 0 Å². The first-order chi connectivity index (χ1) is 9.11. The Hall–Kier alpha value is -1.65. The molecule has 0 bridgehead atoms. The van der Waals surface area contributed by atoms with E-state index in [-0.39, 0.29) is 5.56 Å². The molecule has 2 rings (SSSR count). The van der Waals surface area contributed by atoms with Crippen molar-refractivity contribution in [1.82, 2.24) is 0 Å². The van der Waals surface area contributed by atoms with Gasteiger partial charge in [-0.3, -0.25) is 0 Å². The Kier molecular flexibility index (Phi) is 4.35. The Morgan fingerprint density at radius 3 is 2.63 bits per heavy atom. The van der Waals surface area contributed by atoms with Crippen molar-refractivity contribution in [3.63, 3.8) is 0 Å². The Morgan fingerprint density at radius 1 is 1.21 bits per heavy atom. The molecule has 0 aliphatic rings. The third kappa shape index (κ3) is 3.22. The second-order valence-corrected chi connectivity index (χ2v) is 5.22. The van der Waals surface area contributed by atoms with Crippen molar-refractivity contribution in [2.75, 3.05) is 7.11 Å². The maximum absolute atomic E-state index is 11.2. The van der Waals surface area contributed by atoms with Gasteiger partial charge in [0.1, 0.15) is 5.75 Å². The lowest BCUT2D eigenvalue weighted by Gasteiger charge is -2.09. The minimum absolute atomic E-state index is 0.184. The average Bonchev–Trinajstić information content (AvgIpc) is 2.41. The van der Waals surface area contributed by atoms with Crippen LogP contribution in [0.15, 0.2) is 52.3 Å². The van der Waals surface area contributed by atoms with Gasteiger partial charge in [-0.05, 0) is 30.3 Å². The van der Waals surface area contributed by atoms with Gasteiger partial charge in [0.05, 0.1) is 17.6 Å². The van der Waals surface area contributed by atoms with E-state index in [0.717, 1.165) is 4.90 Å². The van der Waals surface area contributed by atoms with Crippen LogP contribution in [0.25, 0.3) is 0 Å². The molecule has 0 heterocycles. The molecule has 2 aromatic carbocycles. The van der Waals surface area contributed by atoms with E-state index in [1.165, 1.54) is 17.8 Å². The van der Waals surface area contributed by atoms with Crippen molar-refractivity contribution < 1.29 is 14.6 Å². The Morgan fingerprint density at radius 2 is 1.95 bits per heavy atom. The average molecular weight is 295 g/mol. The Bertz CT molecular complexity index is 613. The number of benzene rings is 2. The minimum atomic E-state index is -1.00. The van der Waals surface area contributed by atoms with Gasteiger partial charge in [-0.25, -0.2) is 4.79 Å². The highest BCUT2D eigenvalue weighted by Gasteiger charge is 2.13. The normalized spacial score (nSPS) is 10.2. The van der Waals surface area contributed by atoms with Crippen molar-refractivity contribution in [2.24, 2.45) is 0 Å². The van der Waals surface area contributed by atoms with Gasteiger partial charge in [-0.2, -0.15) is 0 Å². The molecule has 2 aromatic rings. The van der Waals surface area contributed by atoms with Crippen LogP contribution in [0.5, 0.6) is 5.75 Å². The van der Waals surface area contributed by atoms with Gasteiger partial charge in [0, 0.05) is 9.92 Å². The Labute approximate surface area is 120 Å². The number of methoxy groups -OCH3 is 1. The standard InChI is InChI=1S/C14H11ClO3S/c1-18-11-4-2-3-5-13(11)19-12-7-6-9(15)8-10(12)14(16)17/h2-8H,1H3,(H,16,17). The predicted octanol–water partition coefficient (Wildman–Crippen LogP) is 4.20. The van der Waals surface area contributed by atoms with Gasteiger partial charge in [-0.15, -0.1) is 0 Å². The largest absolute Gasteiger partial charge is 0.496 e. The van der Waals surface area contributed by atoms with Crippen LogP contribution in [0.4, 0.5) is 0 Å². The molecule has 0 saturated carbocycles. The number of aromatic carboxylic acids is 1. The van der Waals surface area contributed by atoms with Gasteiger partial charge in [0.15, 0.2) is 0 Å². The molecule has 1 N–H and O–H groups in total. The number of rotatable bonds is 4. The summed E-state index contributed by atoms with van der Waals surface area (Å²) < 4.78 is 5.25. The van der Waals surface area contributed by atoms with Crippen LogP contribution in [-0.4, -0.2) is 18.2 Å². The molecule has 0 unspecified atom stereocenters. The van der Waals surface area contributed by atoms with Crippen LogP contribution in [0.1, 0.15) is 10.4 Å². The highest BCUT2D eigenvalue weighted by Crippen LogP contribution is 2.37. The summed E-state index contributed by atoms with van der Waals surface area (Å²) >= 11 is 7.16. The van der Waals surface area contributed by atoms with Crippen molar-refractivity contribution in [3.8, 4) is 5.75 Å². The van der Waals surface area contributed by atoms with E-state index in [1.807, 2.05) is 24.3 Å². The summed E-state index contributed by atoms with van der Waals surface area (Å²) in [7, 11) is 1.58. The number of halogens is 1. The van der Waals surface area contributed by atoms with E-state index in [2.05, 4.69) is 0 Å². The summed E-state index contributed by atoms with van der Waals surface area (Å²) in [6.07, 6.45) is 0.